The fourth-order valence-electron chi connectivity index (χ4n) is 8.68. The van der Waals surface area contributed by atoms with Crippen molar-refractivity contribution in [2.24, 2.45) is 33.7 Å². The van der Waals surface area contributed by atoms with Gasteiger partial charge in [0.2, 0.25) is 5.54 Å². The summed E-state index contributed by atoms with van der Waals surface area (Å²) in [5, 5.41) is 35.5. The van der Waals surface area contributed by atoms with Gasteiger partial charge >= 0.3 is 0 Å². The maximum absolute atomic E-state index is 11.7. The molecular weight excluding hydrogens is 388 g/mol. The molecule has 168 valence electrons. The van der Waals surface area contributed by atoms with Crippen molar-refractivity contribution < 1.29 is 20.0 Å². The third-order valence-electron chi connectivity index (χ3n) is 10.1. The topological polar surface area (TPSA) is 76.9 Å². The van der Waals surface area contributed by atoms with E-state index in [-0.39, 0.29) is 16.9 Å². The molecule has 8 atom stereocenters. The molecule has 31 heavy (non-hydrogen) atoms. The summed E-state index contributed by atoms with van der Waals surface area (Å²) in [4.78, 5) is 0. The zero-order valence-corrected chi connectivity index (χ0v) is 19.0. The van der Waals surface area contributed by atoms with E-state index in [2.05, 4.69) is 29.6 Å². The number of aliphatic hydroxyl groups excluding tert-OH is 2. The van der Waals surface area contributed by atoms with E-state index in [1.807, 2.05) is 37.5 Å². The molecule has 3 N–H and O–H groups in total. The van der Waals surface area contributed by atoms with Crippen molar-refractivity contribution in [2.45, 2.75) is 83.5 Å². The highest BCUT2D eigenvalue weighted by molar-refractivity contribution is 5.89. The van der Waals surface area contributed by atoms with E-state index in [0.29, 0.717) is 23.5 Å². The molecule has 0 bridgehead atoms. The number of fused-ring (bicyclic) bond motifs is 5. The molecule has 0 amide bonds. The molecule has 0 aromatic carbocycles. The van der Waals surface area contributed by atoms with Gasteiger partial charge in [0.05, 0.1) is 6.10 Å². The Bertz CT molecular complexity index is 914. The number of hydrogen-bond donors (Lipinski definition) is 3. The lowest BCUT2D eigenvalue weighted by Gasteiger charge is -2.58. The van der Waals surface area contributed by atoms with Crippen molar-refractivity contribution >= 4 is 5.71 Å². The Morgan fingerprint density at radius 2 is 1.81 bits per heavy atom. The molecule has 5 heteroatoms. The Hall–Kier alpha value is -1.72. The quantitative estimate of drug-likeness (QED) is 0.222. The molecular formula is C26H37N2O3+. The maximum Gasteiger partial charge on any atom is 0.239 e. The smallest absolute Gasteiger partial charge is 0.239 e. The number of hydrogen-bond acceptors (Lipinski definition) is 4. The van der Waals surface area contributed by atoms with E-state index < -0.39 is 11.6 Å². The van der Waals surface area contributed by atoms with Gasteiger partial charge in [-0.3, -0.25) is 0 Å². The number of oxime groups is 1. The molecule has 5 rings (SSSR count). The third kappa shape index (κ3) is 2.62. The minimum Gasteiger partial charge on any atom is -0.411 e. The molecule has 4 aliphatic carbocycles. The van der Waals surface area contributed by atoms with Gasteiger partial charge in [0.1, 0.15) is 11.8 Å². The molecule has 1 aromatic heterocycles. The Morgan fingerprint density at radius 1 is 1.06 bits per heavy atom. The molecule has 0 aliphatic heterocycles. The molecule has 0 radical (unpaired) electrons. The highest BCUT2D eigenvalue weighted by Gasteiger charge is 2.74. The van der Waals surface area contributed by atoms with E-state index in [1.165, 1.54) is 5.57 Å². The fraction of sp³-hybridized carbons (Fsp3) is 0.692. The third-order valence-corrected chi connectivity index (χ3v) is 10.1. The fourth-order valence-corrected chi connectivity index (χ4v) is 8.68. The van der Waals surface area contributed by atoms with Crippen molar-refractivity contribution in [1.82, 2.24) is 0 Å². The summed E-state index contributed by atoms with van der Waals surface area (Å²) in [7, 11) is 0. The van der Waals surface area contributed by atoms with Crippen LogP contribution in [0.1, 0.15) is 65.7 Å². The molecule has 0 spiro atoms. The number of aliphatic hydroxyl groups is 2. The number of pyridine rings is 1. The Labute approximate surface area is 185 Å². The lowest BCUT2D eigenvalue weighted by atomic mass is 9.46. The molecule has 4 unspecified atom stereocenters. The van der Waals surface area contributed by atoms with Crippen LogP contribution in [-0.2, 0) is 5.54 Å². The van der Waals surface area contributed by atoms with Crippen LogP contribution in [-0.4, -0.2) is 33.3 Å². The van der Waals surface area contributed by atoms with Gasteiger partial charge in [-0.15, -0.1) is 0 Å². The molecule has 5 nitrogen and oxygen atoms in total. The van der Waals surface area contributed by atoms with E-state index in [4.69, 9.17) is 0 Å². The molecule has 3 saturated carbocycles. The largest absolute Gasteiger partial charge is 0.411 e. The normalized spacial score (nSPS) is 47.2. The lowest BCUT2D eigenvalue weighted by molar-refractivity contribution is -0.766. The van der Waals surface area contributed by atoms with Crippen LogP contribution in [0, 0.1) is 28.6 Å². The molecule has 1 aromatic rings. The second-order valence-electron chi connectivity index (χ2n) is 11.1. The monoisotopic (exact) mass is 425 g/mol. The average molecular weight is 426 g/mol. The van der Waals surface area contributed by atoms with Gasteiger partial charge in [-0.25, -0.2) is 0 Å². The Balaban J connectivity index is 1.61. The predicted octanol–water partition coefficient (Wildman–Crippen LogP) is 3.81. The van der Waals surface area contributed by atoms with Crippen LogP contribution in [0.25, 0.3) is 0 Å². The first-order valence-electron chi connectivity index (χ1n) is 12.0. The van der Waals surface area contributed by atoms with Crippen LogP contribution >= 0.6 is 0 Å². The minimum atomic E-state index is -0.744. The second-order valence-corrected chi connectivity index (χ2v) is 11.1. The van der Waals surface area contributed by atoms with Crippen molar-refractivity contribution in [1.29, 1.82) is 0 Å². The Kier molecular flexibility index (Phi) is 4.87. The summed E-state index contributed by atoms with van der Waals surface area (Å²) >= 11 is 0. The summed E-state index contributed by atoms with van der Waals surface area (Å²) in [5.74, 6) is 1.45. The van der Waals surface area contributed by atoms with Crippen LogP contribution in [0.3, 0.4) is 0 Å². The highest BCUT2D eigenvalue weighted by Crippen LogP contribution is 2.68. The van der Waals surface area contributed by atoms with Gasteiger partial charge in [0.25, 0.3) is 0 Å². The first-order chi connectivity index (χ1) is 14.8. The van der Waals surface area contributed by atoms with Crippen molar-refractivity contribution in [3.63, 3.8) is 0 Å². The van der Waals surface area contributed by atoms with Crippen LogP contribution in [0.5, 0.6) is 0 Å². The number of rotatable bonds is 2. The van der Waals surface area contributed by atoms with Gasteiger partial charge < -0.3 is 15.4 Å². The molecule has 1 heterocycles. The number of nitrogens with zero attached hydrogens (tertiary/aromatic N) is 2. The zero-order chi connectivity index (χ0) is 22.0. The van der Waals surface area contributed by atoms with Crippen LogP contribution in [0.2, 0.25) is 0 Å². The van der Waals surface area contributed by atoms with Crippen LogP contribution < -0.4 is 4.57 Å². The number of allylic oxidation sites excluding steroid dienone is 1. The highest BCUT2D eigenvalue weighted by atomic mass is 16.4. The summed E-state index contributed by atoms with van der Waals surface area (Å²) in [6, 6.07) is 5.97. The van der Waals surface area contributed by atoms with Crippen molar-refractivity contribution in [2.75, 3.05) is 0 Å². The average Bonchev–Trinajstić information content (AvgIpc) is 3.01. The summed E-state index contributed by atoms with van der Waals surface area (Å²) in [6.45, 7) is 6.62. The maximum atomic E-state index is 11.7. The van der Waals surface area contributed by atoms with E-state index >= 15 is 0 Å². The van der Waals surface area contributed by atoms with Gasteiger partial charge in [-0.05, 0) is 75.0 Å². The van der Waals surface area contributed by atoms with Crippen molar-refractivity contribution in [3.05, 3.63) is 42.2 Å². The molecule has 0 saturated heterocycles. The van der Waals surface area contributed by atoms with Gasteiger partial charge in [0, 0.05) is 17.5 Å². The summed E-state index contributed by atoms with van der Waals surface area (Å²) < 4.78 is 2.11. The summed E-state index contributed by atoms with van der Waals surface area (Å²) in [6.07, 6.45) is 12.3. The standard InChI is InChI=1S/C26H36N2O3/c1-17(27-31)26(28-13-5-4-6-14-28)23(30)16-22-20-8-7-18-15-19(29)9-11-24(18,2)21(20)10-12-25(22,26)3/h4-7,13-14,19-23,29-30H,8-12,15-16H2,1-3H3/p+1/b27-17-/t19?,20?,21?,22?,23-,24+,25+,26-/m1/s1. The van der Waals surface area contributed by atoms with Gasteiger partial charge in [0.15, 0.2) is 12.4 Å². The molecule has 3 fully saturated rings. The molecule has 4 aliphatic rings. The Morgan fingerprint density at radius 3 is 2.52 bits per heavy atom. The van der Waals surface area contributed by atoms with Crippen LogP contribution in [0.15, 0.2) is 47.4 Å². The predicted molar refractivity (Wildman–Crippen MR) is 119 cm³/mol. The minimum absolute atomic E-state index is 0.166. The van der Waals surface area contributed by atoms with E-state index in [9.17, 15) is 15.4 Å². The van der Waals surface area contributed by atoms with Crippen LogP contribution in [0.4, 0.5) is 0 Å². The van der Waals surface area contributed by atoms with Crippen molar-refractivity contribution in [3.8, 4) is 0 Å². The second kappa shape index (κ2) is 7.14. The van der Waals surface area contributed by atoms with Gasteiger partial charge in [-0.1, -0.05) is 36.7 Å². The zero-order valence-electron chi connectivity index (χ0n) is 19.0. The first kappa shape index (κ1) is 21.1. The van der Waals surface area contributed by atoms with E-state index in [1.54, 1.807) is 0 Å². The van der Waals surface area contributed by atoms with E-state index in [0.717, 1.165) is 44.9 Å². The lowest BCUT2D eigenvalue weighted by Crippen LogP contribution is -2.72. The number of aromatic nitrogens is 1. The SMILES string of the molecule is C/C(=N/O)[C@@]1([n+]2ccccc2)[C@H](O)CC2C3CC=C4CC(O)CC[C@]4(C)C3CC[C@@]21C. The van der Waals surface area contributed by atoms with Gasteiger partial charge in [-0.2, -0.15) is 4.57 Å². The summed E-state index contributed by atoms with van der Waals surface area (Å²) in [5.41, 5.74) is 1.28. The first-order valence-corrected chi connectivity index (χ1v) is 12.0.